The number of fused-ring (bicyclic) bond motifs is 1. The van der Waals surface area contributed by atoms with E-state index in [1.807, 2.05) is 0 Å². The summed E-state index contributed by atoms with van der Waals surface area (Å²) in [4.78, 5) is 33.1. The maximum atomic E-state index is 11.8. The second-order valence-corrected chi connectivity index (χ2v) is 3.76. The number of aromatic nitrogens is 1. The number of hydrogen-bond acceptors (Lipinski definition) is 3. The van der Waals surface area contributed by atoms with Crippen LogP contribution in [0.25, 0.3) is 5.52 Å². The normalized spacial score (nSPS) is 10.4. The van der Waals surface area contributed by atoms with E-state index >= 15 is 0 Å². The molecule has 0 aromatic carbocycles. The third-order valence-corrected chi connectivity index (χ3v) is 2.50. The average Bonchev–Trinajstić information content (AvgIpc) is 2.27. The van der Waals surface area contributed by atoms with Crippen LogP contribution < -0.4 is 5.56 Å². The number of rotatable bonds is 3. The van der Waals surface area contributed by atoms with Gasteiger partial charge in [0.15, 0.2) is 0 Å². The topological polar surface area (TPSA) is 96.1 Å². The summed E-state index contributed by atoms with van der Waals surface area (Å²) in [7, 11) is 0. The maximum absolute atomic E-state index is 11.8. The zero-order chi connectivity index (χ0) is 13.3. The average molecular weight is 247 g/mol. The molecule has 0 radical (unpaired) electrons. The maximum Gasteiger partial charge on any atom is 0.341 e. The van der Waals surface area contributed by atoms with Crippen molar-refractivity contribution >= 4 is 17.5 Å². The van der Waals surface area contributed by atoms with Crippen LogP contribution in [-0.4, -0.2) is 26.6 Å². The van der Waals surface area contributed by atoms with Gasteiger partial charge in [0.2, 0.25) is 0 Å². The van der Waals surface area contributed by atoms with Gasteiger partial charge in [-0.2, -0.15) is 0 Å². The van der Waals surface area contributed by atoms with Crippen LogP contribution in [0.15, 0.2) is 35.3 Å². The van der Waals surface area contributed by atoms with Crippen LogP contribution in [-0.2, 0) is 11.2 Å². The van der Waals surface area contributed by atoms with Gasteiger partial charge in [0.25, 0.3) is 5.56 Å². The molecule has 0 fully saturated rings. The van der Waals surface area contributed by atoms with Gasteiger partial charge in [-0.1, -0.05) is 0 Å². The van der Waals surface area contributed by atoms with E-state index < -0.39 is 17.5 Å². The van der Waals surface area contributed by atoms with Gasteiger partial charge in [-0.05, 0) is 29.8 Å². The van der Waals surface area contributed by atoms with Crippen molar-refractivity contribution in [3.05, 3.63) is 51.9 Å². The van der Waals surface area contributed by atoms with Gasteiger partial charge in [-0.25, -0.2) is 4.79 Å². The Morgan fingerprint density at radius 3 is 2.50 bits per heavy atom. The molecule has 0 atom stereocenters. The molecule has 92 valence electrons. The molecule has 2 heterocycles. The smallest absolute Gasteiger partial charge is 0.341 e. The lowest BCUT2D eigenvalue weighted by molar-refractivity contribution is -0.136. The minimum absolute atomic E-state index is 0.147. The van der Waals surface area contributed by atoms with E-state index in [1.54, 1.807) is 6.07 Å². The summed E-state index contributed by atoms with van der Waals surface area (Å²) in [6.45, 7) is 0. The molecular formula is C12H9NO5. The van der Waals surface area contributed by atoms with Crippen molar-refractivity contribution in [1.82, 2.24) is 4.40 Å². The first kappa shape index (κ1) is 11.8. The number of carbonyl (C=O) groups is 2. The molecule has 0 spiro atoms. The second kappa shape index (κ2) is 4.33. The SMILES string of the molecule is O=C(O)Cc1ccn2c(=O)c(C(=O)O)ccc2c1. The highest BCUT2D eigenvalue weighted by Crippen LogP contribution is 2.07. The van der Waals surface area contributed by atoms with E-state index in [0.29, 0.717) is 11.1 Å². The Balaban J connectivity index is 2.61. The number of nitrogens with zero attached hydrogens (tertiary/aromatic N) is 1. The number of pyridine rings is 2. The molecule has 0 bridgehead atoms. The van der Waals surface area contributed by atoms with Crippen molar-refractivity contribution in [1.29, 1.82) is 0 Å². The predicted octanol–water partition coefficient (Wildman–Crippen LogP) is 0.625. The van der Waals surface area contributed by atoms with Crippen molar-refractivity contribution in [2.24, 2.45) is 0 Å². The highest BCUT2D eigenvalue weighted by Gasteiger charge is 2.10. The summed E-state index contributed by atoms with van der Waals surface area (Å²) < 4.78 is 1.18. The van der Waals surface area contributed by atoms with E-state index in [-0.39, 0.29) is 12.0 Å². The van der Waals surface area contributed by atoms with Crippen LogP contribution in [0.2, 0.25) is 0 Å². The fourth-order valence-corrected chi connectivity index (χ4v) is 1.69. The highest BCUT2D eigenvalue weighted by molar-refractivity contribution is 5.87. The van der Waals surface area contributed by atoms with E-state index in [2.05, 4.69) is 0 Å². The Hall–Kier alpha value is -2.63. The molecule has 0 aliphatic carbocycles. The first-order chi connectivity index (χ1) is 8.49. The number of carboxylic acids is 2. The Kier molecular flexibility index (Phi) is 2.85. The molecule has 0 amide bonds. The zero-order valence-electron chi connectivity index (χ0n) is 9.16. The van der Waals surface area contributed by atoms with Crippen LogP contribution in [0.3, 0.4) is 0 Å². The van der Waals surface area contributed by atoms with Gasteiger partial charge in [0, 0.05) is 11.7 Å². The molecule has 0 aliphatic rings. The van der Waals surface area contributed by atoms with E-state index in [9.17, 15) is 14.4 Å². The Bertz CT molecular complexity index is 701. The molecular weight excluding hydrogens is 238 g/mol. The van der Waals surface area contributed by atoms with Crippen molar-refractivity contribution in [3.63, 3.8) is 0 Å². The molecule has 6 heteroatoms. The highest BCUT2D eigenvalue weighted by atomic mass is 16.4. The number of carboxylic acid groups (broad SMARTS) is 2. The van der Waals surface area contributed by atoms with Crippen LogP contribution in [0.1, 0.15) is 15.9 Å². The van der Waals surface area contributed by atoms with Gasteiger partial charge in [0.1, 0.15) is 5.56 Å². The van der Waals surface area contributed by atoms with E-state index in [4.69, 9.17) is 10.2 Å². The third kappa shape index (κ3) is 2.08. The third-order valence-electron chi connectivity index (χ3n) is 2.50. The Morgan fingerprint density at radius 2 is 1.89 bits per heavy atom. The van der Waals surface area contributed by atoms with E-state index in [0.717, 1.165) is 0 Å². The molecule has 0 aliphatic heterocycles. The van der Waals surface area contributed by atoms with Gasteiger partial charge in [-0.15, -0.1) is 0 Å². The summed E-state index contributed by atoms with van der Waals surface area (Å²) in [5.74, 6) is -2.26. The Morgan fingerprint density at radius 1 is 1.17 bits per heavy atom. The summed E-state index contributed by atoms with van der Waals surface area (Å²) in [6, 6.07) is 5.70. The largest absolute Gasteiger partial charge is 0.481 e. The molecule has 2 aromatic rings. The minimum atomic E-state index is -1.29. The summed E-state index contributed by atoms with van der Waals surface area (Å²) in [5, 5.41) is 17.5. The molecule has 0 unspecified atom stereocenters. The van der Waals surface area contributed by atoms with Crippen molar-refractivity contribution < 1.29 is 19.8 Å². The predicted molar refractivity (Wildman–Crippen MR) is 62.0 cm³/mol. The molecule has 18 heavy (non-hydrogen) atoms. The molecule has 0 saturated heterocycles. The lowest BCUT2D eigenvalue weighted by Gasteiger charge is -2.04. The lowest BCUT2D eigenvalue weighted by atomic mass is 10.1. The van der Waals surface area contributed by atoms with E-state index in [1.165, 1.54) is 28.8 Å². The number of hydrogen-bond donors (Lipinski definition) is 2. The van der Waals surface area contributed by atoms with Gasteiger partial charge in [0.05, 0.1) is 6.42 Å². The number of aromatic carboxylic acids is 1. The second-order valence-electron chi connectivity index (χ2n) is 3.76. The van der Waals surface area contributed by atoms with Gasteiger partial charge in [-0.3, -0.25) is 14.0 Å². The van der Waals surface area contributed by atoms with Crippen molar-refractivity contribution in [2.75, 3.05) is 0 Å². The summed E-state index contributed by atoms with van der Waals surface area (Å²) >= 11 is 0. The quantitative estimate of drug-likeness (QED) is 0.829. The van der Waals surface area contributed by atoms with Crippen LogP contribution in [0.5, 0.6) is 0 Å². The minimum Gasteiger partial charge on any atom is -0.481 e. The van der Waals surface area contributed by atoms with Gasteiger partial charge >= 0.3 is 11.9 Å². The monoisotopic (exact) mass is 247 g/mol. The standard InChI is InChI=1S/C12H9NO5/c14-10(15)6-7-3-4-13-8(5-7)1-2-9(11(13)16)12(17)18/h1-5H,6H2,(H,14,15)(H,17,18). The first-order valence-corrected chi connectivity index (χ1v) is 5.08. The lowest BCUT2D eigenvalue weighted by Crippen LogP contribution is -2.21. The zero-order valence-corrected chi connectivity index (χ0v) is 9.16. The fraction of sp³-hybridized carbons (Fsp3) is 0.0833. The van der Waals surface area contributed by atoms with Crippen LogP contribution in [0.4, 0.5) is 0 Å². The van der Waals surface area contributed by atoms with Crippen molar-refractivity contribution in [2.45, 2.75) is 6.42 Å². The molecule has 2 aromatic heterocycles. The molecule has 2 rings (SSSR count). The Labute approximate surface area is 101 Å². The molecule has 2 N–H and O–H groups in total. The first-order valence-electron chi connectivity index (χ1n) is 5.08. The molecule has 6 nitrogen and oxygen atoms in total. The molecule has 0 saturated carbocycles. The summed E-state index contributed by atoms with van der Waals surface area (Å²) in [5.41, 5.74) is 0.0501. The fourth-order valence-electron chi connectivity index (χ4n) is 1.69. The van der Waals surface area contributed by atoms with Crippen LogP contribution >= 0.6 is 0 Å². The van der Waals surface area contributed by atoms with Gasteiger partial charge < -0.3 is 10.2 Å². The van der Waals surface area contributed by atoms with Crippen molar-refractivity contribution in [3.8, 4) is 0 Å². The number of aliphatic carboxylic acids is 1. The van der Waals surface area contributed by atoms with Crippen LogP contribution in [0, 0.1) is 0 Å². The summed E-state index contributed by atoms with van der Waals surface area (Å²) in [6.07, 6.45) is 1.23.